The Kier molecular flexibility index (Phi) is 13.6. The van der Waals surface area contributed by atoms with Gasteiger partial charge in [0.05, 0.1) is 6.61 Å². The van der Waals surface area contributed by atoms with Gasteiger partial charge in [0.15, 0.2) is 0 Å². The smallest absolute Gasteiger partial charge is 0.333 e. The van der Waals surface area contributed by atoms with Gasteiger partial charge in [0, 0.05) is 18.2 Å². The Hall–Kier alpha value is -0.870. The van der Waals surface area contributed by atoms with Crippen LogP contribution in [0.3, 0.4) is 0 Å². The standard InChI is InChI=1S/C11H21NO2.C3H8O/c1-5-12(6-2)8-7-9-14-11(13)10(3)4;1-3(2)4/h3,5-9H2,1-2,4H3;3-4H,1-2H3. The molecule has 0 spiro atoms. The number of rotatable bonds is 7. The summed E-state index contributed by atoms with van der Waals surface area (Å²) < 4.78 is 4.98. The summed E-state index contributed by atoms with van der Waals surface area (Å²) in [6, 6.07) is 0. The zero-order chi connectivity index (χ0) is 14.6. The predicted molar refractivity (Wildman–Crippen MR) is 75.5 cm³/mol. The van der Waals surface area contributed by atoms with E-state index in [4.69, 9.17) is 9.84 Å². The minimum absolute atomic E-state index is 0.167. The summed E-state index contributed by atoms with van der Waals surface area (Å²) in [5.41, 5.74) is 0.466. The molecule has 0 saturated carbocycles. The first-order chi connectivity index (χ1) is 8.34. The van der Waals surface area contributed by atoms with Crippen LogP contribution in [0.2, 0.25) is 0 Å². The predicted octanol–water partition coefficient (Wildman–Crippen LogP) is 2.22. The highest BCUT2D eigenvalue weighted by Gasteiger charge is 2.03. The fraction of sp³-hybridized carbons (Fsp3) is 0.786. The highest BCUT2D eigenvalue weighted by molar-refractivity contribution is 5.86. The summed E-state index contributed by atoms with van der Waals surface area (Å²) in [6.07, 6.45) is 0.723. The first-order valence-corrected chi connectivity index (χ1v) is 6.58. The van der Waals surface area contributed by atoms with Crippen molar-refractivity contribution < 1.29 is 14.6 Å². The molecule has 0 aromatic heterocycles. The van der Waals surface area contributed by atoms with E-state index in [1.54, 1.807) is 20.8 Å². The Morgan fingerprint density at radius 2 is 1.78 bits per heavy atom. The maximum atomic E-state index is 11.0. The van der Waals surface area contributed by atoms with Crippen molar-refractivity contribution in [3.05, 3.63) is 12.2 Å². The fourth-order valence-corrected chi connectivity index (χ4v) is 1.12. The molecule has 4 nitrogen and oxygen atoms in total. The molecule has 0 bridgehead atoms. The van der Waals surface area contributed by atoms with Crippen LogP contribution in [0.4, 0.5) is 0 Å². The topological polar surface area (TPSA) is 49.8 Å². The van der Waals surface area contributed by atoms with Crippen LogP contribution in [0.25, 0.3) is 0 Å². The average Bonchev–Trinajstić information content (AvgIpc) is 2.28. The molecule has 18 heavy (non-hydrogen) atoms. The Labute approximate surface area is 112 Å². The molecule has 0 aliphatic rings. The lowest BCUT2D eigenvalue weighted by Crippen LogP contribution is -2.25. The monoisotopic (exact) mass is 259 g/mol. The normalized spacial score (nSPS) is 10.0. The Balaban J connectivity index is 0. The van der Waals surface area contributed by atoms with Crippen molar-refractivity contribution in [2.24, 2.45) is 0 Å². The van der Waals surface area contributed by atoms with Gasteiger partial charge in [0.25, 0.3) is 0 Å². The number of esters is 1. The summed E-state index contributed by atoms with van der Waals surface area (Å²) in [6.45, 7) is 16.4. The third kappa shape index (κ3) is 15.1. The van der Waals surface area contributed by atoms with Gasteiger partial charge < -0.3 is 14.7 Å². The van der Waals surface area contributed by atoms with Crippen LogP contribution in [-0.4, -0.2) is 48.3 Å². The highest BCUT2D eigenvalue weighted by Crippen LogP contribution is 1.95. The van der Waals surface area contributed by atoms with E-state index in [1.807, 2.05) is 0 Å². The SMILES string of the molecule is C=C(C)C(=O)OCCCN(CC)CC.CC(C)O. The average molecular weight is 259 g/mol. The number of hydrogen-bond donors (Lipinski definition) is 1. The first-order valence-electron chi connectivity index (χ1n) is 6.58. The Morgan fingerprint density at radius 3 is 2.11 bits per heavy atom. The number of carbonyl (C=O) groups is 1. The van der Waals surface area contributed by atoms with E-state index in [1.165, 1.54) is 0 Å². The van der Waals surface area contributed by atoms with Crippen LogP contribution in [0.5, 0.6) is 0 Å². The van der Waals surface area contributed by atoms with E-state index in [0.717, 1.165) is 26.1 Å². The second-order valence-corrected chi connectivity index (χ2v) is 4.39. The minimum Gasteiger partial charge on any atom is -0.462 e. The van der Waals surface area contributed by atoms with E-state index < -0.39 is 0 Å². The summed E-state index contributed by atoms with van der Waals surface area (Å²) in [5, 5.41) is 8.06. The molecular formula is C14H29NO3. The summed E-state index contributed by atoms with van der Waals surface area (Å²) in [7, 11) is 0. The molecular weight excluding hydrogens is 230 g/mol. The van der Waals surface area contributed by atoms with Gasteiger partial charge >= 0.3 is 5.97 Å². The molecule has 108 valence electrons. The maximum absolute atomic E-state index is 11.0. The van der Waals surface area contributed by atoms with Crippen LogP contribution in [0, 0.1) is 0 Å². The van der Waals surface area contributed by atoms with Crippen molar-refractivity contribution >= 4 is 5.97 Å². The molecule has 0 aromatic carbocycles. The fourth-order valence-electron chi connectivity index (χ4n) is 1.12. The molecule has 4 heteroatoms. The zero-order valence-electron chi connectivity index (χ0n) is 12.5. The third-order valence-corrected chi connectivity index (χ3v) is 2.09. The van der Waals surface area contributed by atoms with E-state index in [0.29, 0.717) is 12.2 Å². The molecule has 0 heterocycles. The molecule has 0 saturated heterocycles. The number of hydrogen-bond acceptors (Lipinski definition) is 4. The molecule has 0 rings (SSSR count). The van der Waals surface area contributed by atoms with Crippen LogP contribution in [0.15, 0.2) is 12.2 Å². The van der Waals surface area contributed by atoms with Crippen molar-refractivity contribution in [2.45, 2.75) is 47.1 Å². The molecule has 0 aliphatic carbocycles. The Morgan fingerprint density at radius 1 is 1.33 bits per heavy atom. The van der Waals surface area contributed by atoms with Gasteiger partial charge in [-0.25, -0.2) is 4.79 Å². The van der Waals surface area contributed by atoms with Gasteiger partial charge in [-0.15, -0.1) is 0 Å². The highest BCUT2D eigenvalue weighted by atomic mass is 16.5. The second kappa shape index (κ2) is 12.6. The van der Waals surface area contributed by atoms with Crippen molar-refractivity contribution in [1.82, 2.24) is 4.90 Å². The number of aliphatic hydroxyl groups excluding tert-OH is 1. The molecule has 0 atom stereocenters. The lowest BCUT2D eigenvalue weighted by Gasteiger charge is -2.17. The van der Waals surface area contributed by atoms with Crippen molar-refractivity contribution in [1.29, 1.82) is 0 Å². The van der Waals surface area contributed by atoms with Crippen LogP contribution >= 0.6 is 0 Å². The van der Waals surface area contributed by atoms with Crippen LogP contribution in [-0.2, 0) is 9.53 Å². The van der Waals surface area contributed by atoms with E-state index >= 15 is 0 Å². The maximum Gasteiger partial charge on any atom is 0.333 e. The molecule has 0 aliphatic heterocycles. The minimum atomic E-state index is -0.287. The molecule has 0 radical (unpaired) electrons. The van der Waals surface area contributed by atoms with Gasteiger partial charge in [0.1, 0.15) is 0 Å². The van der Waals surface area contributed by atoms with Gasteiger partial charge in [0.2, 0.25) is 0 Å². The van der Waals surface area contributed by atoms with Crippen molar-refractivity contribution in [3.8, 4) is 0 Å². The molecule has 0 unspecified atom stereocenters. The third-order valence-electron chi connectivity index (χ3n) is 2.09. The number of carbonyl (C=O) groups excluding carboxylic acids is 1. The molecule has 1 N–H and O–H groups in total. The van der Waals surface area contributed by atoms with Gasteiger partial charge in [-0.2, -0.15) is 0 Å². The molecule has 0 fully saturated rings. The number of aliphatic hydroxyl groups is 1. The lowest BCUT2D eigenvalue weighted by molar-refractivity contribution is -0.139. The van der Waals surface area contributed by atoms with E-state index in [2.05, 4.69) is 25.3 Å². The van der Waals surface area contributed by atoms with Gasteiger partial charge in [-0.05, 0) is 40.3 Å². The largest absolute Gasteiger partial charge is 0.462 e. The second-order valence-electron chi connectivity index (χ2n) is 4.39. The summed E-state index contributed by atoms with van der Waals surface area (Å²) in [5.74, 6) is -0.287. The first kappa shape index (κ1) is 19.5. The van der Waals surface area contributed by atoms with Crippen molar-refractivity contribution in [2.75, 3.05) is 26.2 Å². The van der Waals surface area contributed by atoms with Crippen LogP contribution < -0.4 is 0 Å². The quantitative estimate of drug-likeness (QED) is 0.433. The number of nitrogens with zero attached hydrogens (tertiary/aromatic N) is 1. The molecule has 0 aromatic rings. The van der Waals surface area contributed by atoms with E-state index in [-0.39, 0.29) is 12.1 Å². The summed E-state index contributed by atoms with van der Waals surface area (Å²) >= 11 is 0. The van der Waals surface area contributed by atoms with Crippen LogP contribution in [0.1, 0.15) is 41.0 Å². The van der Waals surface area contributed by atoms with Gasteiger partial charge in [-0.1, -0.05) is 20.4 Å². The lowest BCUT2D eigenvalue weighted by atomic mass is 10.3. The Bertz CT molecular complexity index is 220. The van der Waals surface area contributed by atoms with E-state index in [9.17, 15) is 4.79 Å². The van der Waals surface area contributed by atoms with Crippen molar-refractivity contribution in [3.63, 3.8) is 0 Å². The summed E-state index contributed by atoms with van der Waals surface area (Å²) in [4.78, 5) is 13.3. The zero-order valence-corrected chi connectivity index (χ0v) is 12.5. The number of ether oxygens (including phenoxy) is 1. The molecule has 0 amide bonds. The van der Waals surface area contributed by atoms with Gasteiger partial charge in [-0.3, -0.25) is 0 Å².